The molecule has 1 N–H and O–H groups in total. The first-order chi connectivity index (χ1) is 9.58. The quantitative estimate of drug-likeness (QED) is 0.759. The van der Waals surface area contributed by atoms with Gasteiger partial charge in [-0.1, -0.05) is 45.9 Å². The SMILES string of the molecule is CC(C)CNCC(C)C(C)Cc1csc2ccccc12. The standard InChI is InChI=1S/C18H27NS/c1-13(2)10-19-11-15(4)14(3)9-16-12-20-18-8-6-5-7-17(16)18/h5-8,12-15,19H,9-11H2,1-4H3. The van der Waals surface area contributed by atoms with Crippen LogP contribution in [-0.4, -0.2) is 13.1 Å². The van der Waals surface area contributed by atoms with Gasteiger partial charge >= 0.3 is 0 Å². The summed E-state index contributed by atoms with van der Waals surface area (Å²) in [6.45, 7) is 11.5. The fourth-order valence-electron chi connectivity index (χ4n) is 2.54. The van der Waals surface area contributed by atoms with Crippen molar-refractivity contribution in [1.82, 2.24) is 5.32 Å². The summed E-state index contributed by atoms with van der Waals surface area (Å²) in [7, 11) is 0. The van der Waals surface area contributed by atoms with Gasteiger partial charge in [-0.3, -0.25) is 0 Å². The Kier molecular flexibility index (Phi) is 5.62. The van der Waals surface area contributed by atoms with E-state index in [0.29, 0.717) is 11.8 Å². The third-order valence-electron chi connectivity index (χ3n) is 4.09. The Balaban J connectivity index is 1.92. The van der Waals surface area contributed by atoms with E-state index in [1.54, 1.807) is 0 Å². The van der Waals surface area contributed by atoms with Gasteiger partial charge < -0.3 is 5.32 Å². The lowest BCUT2D eigenvalue weighted by Crippen LogP contribution is -2.28. The lowest BCUT2D eigenvalue weighted by molar-refractivity contribution is 0.358. The average Bonchev–Trinajstić information content (AvgIpc) is 2.81. The molecule has 0 bridgehead atoms. The summed E-state index contributed by atoms with van der Waals surface area (Å²) in [5.74, 6) is 2.17. The monoisotopic (exact) mass is 289 g/mol. The van der Waals surface area contributed by atoms with Crippen LogP contribution < -0.4 is 5.32 Å². The Morgan fingerprint density at radius 3 is 2.50 bits per heavy atom. The molecule has 0 radical (unpaired) electrons. The summed E-state index contributed by atoms with van der Waals surface area (Å²) < 4.78 is 1.42. The van der Waals surface area contributed by atoms with Gasteiger partial charge in [-0.2, -0.15) is 0 Å². The Morgan fingerprint density at radius 2 is 1.75 bits per heavy atom. The lowest BCUT2D eigenvalue weighted by Gasteiger charge is -2.21. The maximum absolute atomic E-state index is 3.58. The summed E-state index contributed by atoms with van der Waals surface area (Å²) >= 11 is 1.87. The van der Waals surface area contributed by atoms with Crippen molar-refractivity contribution in [1.29, 1.82) is 0 Å². The number of hydrogen-bond donors (Lipinski definition) is 1. The van der Waals surface area contributed by atoms with Gasteiger partial charge in [0.1, 0.15) is 0 Å². The molecule has 2 heteroatoms. The molecule has 0 saturated heterocycles. The van der Waals surface area contributed by atoms with Gasteiger partial charge in [0.15, 0.2) is 0 Å². The highest BCUT2D eigenvalue weighted by Crippen LogP contribution is 2.29. The predicted octanol–water partition coefficient (Wildman–Crippen LogP) is 4.96. The van der Waals surface area contributed by atoms with Gasteiger partial charge in [-0.15, -0.1) is 11.3 Å². The molecule has 0 fully saturated rings. The van der Waals surface area contributed by atoms with Crippen LogP contribution in [0.1, 0.15) is 33.3 Å². The van der Waals surface area contributed by atoms with Crippen molar-refractivity contribution >= 4 is 21.4 Å². The summed E-state index contributed by atoms with van der Waals surface area (Å²) in [4.78, 5) is 0. The molecule has 20 heavy (non-hydrogen) atoms. The number of thiophene rings is 1. The van der Waals surface area contributed by atoms with Gasteiger partial charge in [-0.05, 0) is 59.7 Å². The molecule has 1 nitrogen and oxygen atoms in total. The summed E-state index contributed by atoms with van der Waals surface area (Å²) in [5, 5.41) is 7.38. The van der Waals surface area contributed by atoms with E-state index in [9.17, 15) is 0 Å². The van der Waals surface area contributed by atoms with Crippen molar-refractivity contribution in [3.05, 3.63) is 35.2 Å². The lowest BCUT2D eigenvalue weighted by atomic mass is 9.89. The second-order valence-corrected chi connectivity index (χ2v) is 7.38. The number of benzene rings is 1. The van der Waals surface area contributed by atoms with E-state index in [1.807, 2.05) is 11.3 Å². The van der Waals surface area contributed by atoms with Gasteiger partial charge in [-0.25, -0.2) is 0 Å². The fraction of sp³-hybridized carbons (Fsp3) is 0.556. The van der Waals surface area contributed by atoms with E-state index in [0.717, 1.165) is 19.0 Å². The zero-order valence-electron chi connectivity index (χ0n) is 13.1. The highest BCUT2D eigenvalue weighted by molar-refractivity contribution is 7.17. The maximum atomic E-state index is 3.58. The smallest absolute Gasteiger partial charge is 0.0345 e. The minimum Gasteiger partial charge on any atom is -0.316 e. The summed E-state index contributed by atoms with van der Waals surface area (Å²) in [6.07, 6.45) is 1.19. The number of hydrogen-bond acceptors (Lipinski definition) is 2. The van der Waals surface area contributed by atoms with Crippen molar-refractivity contribution in [3.63, 3.8) is 0 Å². The first-order valence-electron chi connectivity index (χ1n) is 7.73. The van der Waals surface area contributed by atoms with E-state index < -0.39 is 0 Å². The molecule has 110 valence electrons. The molecular formula is C18H27NS. The van der Waals surface area contributed by atoms with E-state index in [1.165, 1.54) is 22.1 Å². The Labute approximate surface area is 127 Å². The van der Waals surface area contributed by atoms with Crippen LogP contribution in [0.25, 0.3) is 10.1 Å². The Bertz CT molecular complexity index is 529. The molecule has 0 saturated carbocycles. The molecule has 1 aromatic heterocycles. The van der Waals surface area contributed by atoms with Crippen LogP contribution in [-0.2, 0) is 6.42 Å². The Hall–Kier alpha value is -0.860. The van der Waals surface area contributed by atoms with Crippen molar-refractivity contribution in [2.24, 2.45) is 17.8 Å². The molecule has 2 aromatic rings. The molecule has 1 heterocycles. The fourth-order valence-corrected chi connectivity index (χ4v) is 3.52. The summed E-state index contributed by atoms with van der Waals surface area (Å²) in [6, 6.07) is 8.76. The number of rotatable bonds is 7. The third kappa shape index (κ3) is 4.07. The van der Waals surface area contributed by atoms with Crippen molar-refractivity contribution in [3.8, 4) is 0 Å². The average molecular weight is 289 g/mol. The van der Waals surface area contributed by atoms with E-state index in [-0.39, 0.29) is 0 Å². The van der Waals surface area contributed by atoms with Crippen LogP contribution in [0, 0.1) is 17.8 Å². The van der Waals surface area contributed by atoms with Crippen LogP contribution >= 0.6 is 11.3 Å². The second-order valence-electron chi connectivity index (χ2n) is 6.47. The van der Waals surface area contributed by atoms with Crippen molar-refractivity contribution in [2.75, 3.05) is 13.1 Å². The molecule has 2 atom stereocenters. The Morgan fingerprint density at radius 1 is 1.00 bits per heavy atom. The maximum Gasteiger partial charge on any atom is 0.0345 e. The minimum atomic E-state index is 0.715. The number of nitrogens with one attached hydrogen (secondary N) is 1. The molecule has 0 aliphatic rings. The van der Waals surface area contributed by atoms with E-state index in [2.05, 4.69) is 62.7 Å². The molecule has 2 rings (SSSR count). The topological polar surface area (TPSA) is 12.0 Å². The first-order valence-corrected chi connectivity index (χ1v) is 8.61. The van der Waals surface area contributed by atoms with Crippen molar-refractivity contribution in [2.45, 2.75) is 34.1 Å². The van der Waals surface area contributed by atoms with E-state index >= 15 is 0 Å². The highest BCUT2D eigenvalue weighted by atomic mass is 32.1. The zero-order chi connectivity index (χ0) is 14.5. The second kappa shape index (κ2) is 7.24. The third-order valence-corrected chi connectivity index (χ3v) is 5.11. The first kappa shape index (κ1) is 15.5. The minimum absolute atomic E-state index is 0.715. The summed E-state index contributed by atoms with van der Waals surface area (Å²) in [5.41, 5.74) is 1.52. The van der Waals surface area contributed by atoms with Crippen LogP contribution in [0.15, 0.2) is 29.6 Å². The van der Waals surface area contributed by atoms with Gasteiger partial charge in [0.25, 0.3) is 0 Å². The molecular weight excluding hydrogens is 262 g/mol. The molecule has 1 aromatic carbocycles. The normalized spacial score (nSPS) is 14.8. The largest absolute Gasteiger partial charge is 0.316 e. The molecule has 0 spiro atoms. The highest BCUT2D eigenvalue weighted by Gasteiger charge is 2.14. The molecule has 2 unspecified atom stereocenters. The van der Waals surface area contributed by atoms with Crippen LogP contribution in [0.3, 0.4) is 0 Å². The molecule has 0 aliphatic carbocycles. The predicted molar refractivity (Wildman–Crippen MR) is 91.6 cm³/mol. The van der Waals surface area contributed by atoms with Gasteiger partial charge in [0, 0.05) is 4.70 Å². The van der Waals surface area contributed by atoms with Gasteiger partial charge in [0.05, 0.1) is 0 Å². The van der Waals surface area contributed by atoms with Crippen LogP contribution in [0.4, 0.5) is 0 Å². The zero-order valence-corrected chi connectivity index (χ0v) is 14.0. The van der Waals surface area contributed by atoms with Gasteiger partial charge in [0.2, 0.25) is 0 Å². The molecule has 0 aliphatic heterocycles. The van der Waals surface area contributed by atoms with E-state index in [4.69, 9.17) is 0 Å². The molecule has 0 amide bonds. The number of fused-ring (bicyclic) bond motifs is 1. The van der Waals surface area contributed by atoms with Crippen molar-refractivity contribution < 1.29 is 0 Å². The van der Waals surface area contributed by atoms with Crippen LogP contribution in [0.5, 0.6) is 0 Å². The van der Waals surface area contributed by atoms with Crippen LogP contribution in [0.2, 0.25) is 0 Å².